The van der Waals surface area contributed by atoms with Crippen LogP contribution in [0.2, 0.25) is 0 Å². The lowest BCUT2D eigenvalue weighted by Gasteiger charge is -2.10. The maximum absolute atomic E-state index is 12.7. The molecule has 0 heterocycles. The summed E-state index contributed by atoms with van der Waals surface area (Å²) in [5.41, 5.74) is 2.70. The van der Waals surface area contributed by atoms with Gasteiger partial charge in [-0.15, -0.1) is 0 Å². The normalized spacial score (nSPS) is 11.2. The first-order valence-corrected chi connectivity index (χ1v) is 8.49. The number of benzene rings is 3. The molecule has 1 N–H and O–H groups in total. The highest BCUT2D eigenvalue weighted by Crippen LogP contribution is 2.29. The molecule has 0 aromatic heterocycles. The minimum atomic E-state index is -4.39. The summed E-state index contributed by atoms with van der Waals surface area (Å²) in [4.78, 5) is 12.1. The number of hydrogen-bond acceptors (Lipinski definition) is 1. The number of carbonyl (C=O) groups excluding carboxylic acids is 1. The summed E-state index contributed by atoms with van der Waals surface area (Å²) in [6, 6.07) is 22.5. The van der Waals surface area contributed by atoms with Crippen molar-refractivity contribution < 1.29 is 18.0 Å². The van der Waals surface area contributed by atoms with Gasteiger partial charge in [-0.2, -0.15) is 13.2 Å². The molecule has 0 unspecified atom stereocenters. The lowest BCUT2D eigenvalue weighted by atomic mass is 10.0. The number of alkyl halides is 3. The van der Waals surface area contributed by atoms with Crippen molar-refractivity contribution in [2.24, 2.45) is 0 Å². The van der Waals surface area contributed by atoms with Crippen molar-refractivity contribution in [2.45, 2.75) is 19.1 Å². The number of nitrogens with one attached hydrogen (secondary N) is 1. The van der Waals surface area contributed by atoms with Crippen LogP contribution in [0.3, 0.4) is 0 Å². The molecule has 0 radical (unpaired) electrons. The van der Waals surface area contributed by atoms with Crippen molar-refractivity contribution in [3.05, 3.63) is 95.6 Å². The molecule has 3 rings (SSSR count). The van der Waals surface area contributed by atoms with Crippen molar-refractivity contribution in [2.75, 3.05) is 0 Å². The van der Waals surface area contributed by atoms with Gasteiger partial charge in [-0.3, -0.25) is 4.79 Å². The zero-order valence-electron chi connectivity index (χ0n) is 14.5. The number of amides is 1. The zero-order valence-corrected chi connectivity index (χ0v) is 14.5. The topological polar surface area (TPSA) is 29.1 Å². The molecule has 0 saturated heterocycles. The van der Waals surface area contributed by atoms with Crippen LogP contribution in [-0.2, 0) is 23.9 Å². The fraction of sp³-hybridized carbons (Fsp3) is 0.136. The molecule has 3 aromatic rings. The molecule has 2 nitrogen and oxygen atoms in total. The Morgan fingerprint density at radius 2 is 1.44 bits per heavy atom. The van der Waals surface area contributed by atoms with E-state index in [0.717, 1.165) is 28.8 Å². The molecule has 27 heavy (non-hydrogen) atoms. The van der Waals surface area contributed by atoms with Gasteiger partial charge in [0.2, 0.25) is 5.91 Å². The maximum Gasteiger partial charge on any atom is 0.416 e. The molecular formula is C22H18F3NO. The van der Waals surface area contributed by atoms with Gasteiger partial charge in [0, 0.05) is 6.54 Å². The standard InChI is InChI=1S/C22H18F3NO/c23-22(24,25)20-8-4-5-17(13-20)15-26-21(27)14-16-9-11-19(12-10-16)18-6-2-1-3-7-18/h1-13H,14-15H2,(H,26,27). The van der Waals surface area contributed by atoms with Crippen molar-refractivity contribution in [1.29, 1.82) is 0 Å². The van der Waals surface area contributed by atoms with Crippen LogP contribution in [0.1, 0.15) is 16.7 Å². The van der Waals surface area contributed by atoms with E-state index in [4.69, 9.17) is 0 Å². The Hall–Kier alpha value is -3.08. The van der Waals surface area contributed by atoms with Crippen molar-refractivity contribution >= 4 is 5.91 Å². The van der Waals surface area contributed by atoms with Gasteiger partial charge in [0.15, 0.2) is 0 Å². The van der Waals surface area contributed by atoms with Gasteiger partial charge in [0.1, 0.15) is 0 Å². The zero-order chi connectivity index (χ0) is 19.3. The average molecular weight is 369 g/mol. The molecule has 3 aromatic carbocycles. The molecule has 0 aliphatic carbocycles. The van der Waals surface area contributed by atoms with E-state index in [2.05, 4.69) is 5.32 Å². The summed E-state index contributed by atoms with van der Waals surface area (Å²) in [5.74, 6) is -0.236. The fourth-order valence-electron chi connectivity index (χ4n) is 2.75. The van der Waals surface area contributed by atoms with Gasteiger partial charge in [-0.05, 0) is 34.4 Å². The van der Waals surface area contributed by atoms with Crippen molar-refractivity contribution in [3.63, 3.8) is 0 Å². The van der Waals surface area contributed by atoms with Gasteiger partial charge < -0.3 is 5.32 Å². The summed E-state index contributed by atoms with van der Waals surface area (Å²) >= 11 is 0. The van der Waals surface area contributed by atoms with Gasteiger partial charge in [0.05, 0.1) is 12.0 Å². The second-order valence-electron chi connectivity index (χ2n) is 6.21. The Morgan fingerprint density at radius 3 is 2.11 bits per heavy atom. The van der Waals surface area contributed by atoms with E-state index in [1.54, 1.807) is 6.07 Å². The van der Waals surface area contributed by atoms with Gasteiger partial charge >= 0.3 is 6.18 Å². The van der Waals surface area contributed by atoms with E-state index >= 15 is 0 Å². The third-order valence-corrected chi connectivity index (χ3v) is 4.17. The van der Waals surface area contributed by atoms with Crippen LogP contribution in [0.25, 0.3) is 11.1 Å². The lowest BCUT2D eigenvalue weighted by molar-refractivity contribution is -0.137. The van der Waals surface area contributed by atoms with Gasteiger partial charge in [-0.1, -0.05) is 66.7 Å². The molecular weight excluding hydrogens is 351 g/mol. The monoisotopic (exact) mass is 369 g/mol. The Balaban J connectivity index is 1.57. The molecule has 0 atom stereocenters. The second-order valence-corrected chi connectivity index (χ2v) is 6.21. The van der Waals surface area contributed by atoms with Crippen LogP contribution < -0.4 is 5.32 Å². The summed E-state index contributed by atoms with van der Waals surface area (Å²) in [5, 5.41) is 2.67. The number of rotatable bonds is 5. The average Bonchev–Trinajstić information content (AvgIpc) is 2.67. The van der Waals surface area contributed by atoms with Crippen LogP contribution in [0.4, 0.5) is 13.2 Å². The highest BCUT2D eigenvalue weighted by atomic mass is 19.4. The summed E-state index contributed by atoms with van der Waals surface area (Å²) in [7, 11) is 0. The van der Waals surface area contributed by atoms with Crippen LogP contribution >= 0.6 is 0 Å². The summed E-state index contributed by atoms with van der Waals surface area (Å²) in [6.45, 7) is 0.0604. The third kappa shape index (κ3) is 5.20. The smallest absolute Gasteiger partial charge is 0.352 e. The first kappa shape index (κ1) is 18.7. The van der Waals surface area contributed by atoms with Crippen LogP contribution in [0.15, 0.2) is 78.9 Å². The first-order valence-electron chi connectivity index (χ1n) is 8.49. The first-order chi connectivity index (χ1) is 12.9. The van der Waals surface area contributed by atoms with E-state index in [1.165, 1.54) is 6.07 Å². The van der Waals surface area contributed by atoms with Crippen molar-refractivity contribution in [3.8, 4) is 11.1 Å². The van der Waals surface area contributed by atoms with E-state index in [0.29, 0.717) is 5.56 Å². The molecule has 0 aliphatic heterocycles. The molecule has 0 aliphatic rings. The van der Waals surface area contributed by atoms with E-state index in [9.17, 15) is 18.0 Å². The number of halogens is 3. The molecule has 0 fully saturated rings. The number of hydrogen-bond donors (Lipinski definition) is 1. The summed E-state index contributed by atoms with van der Waals surface area (Å²) in [6.07, 6.45) is -4.21. The van der Waals surface area contributed by atoms with Crippen LogP contribution in [-0.4, -0.2) is 5.91 Å². The minimum Gasteiger partial charge on any atom is -0.352 e. The highest BCUT2D eigenvalue weighted by molar-refractivity contribution is 5.78. The predicted molar refractivity (Wildman–Crippen MR) is 98.9 cm³/mol. The molecule has 0 bridgehead atoms. The minimum absolute atomic E-state index is 0.0604. The molecule has 5 heteroatoms. The maximum atomic E-state index is 12.7. The molecule has 0 spiro atoms. The van der Waals surface area contributed by atoms with E-state index in [1.807, 2.05) is 54.6 Å². The highest BCUT2D eigenvalue weighted by Gasteiger charge is 2.30. The third-order valence-electron chi connectivity index (χ3n) is 4.17. The molecule has 138 valence electrons. The van der Waals surface area contributed by atoms with E-state index < -0.39 is 11.7 Å². The molecule has 1 amide bonds. The lowest BCUT2D eigenvalue weighted by Crippen LogP contribution is -2.24. The largest absolute Gasteiger partial charge is 0.416 e. The fourth-order valence-corrected chi connectivity index (χ4v) is 2.75. The predicted octanol–water partition coefficient (Wildman–Crippen LogP) is 5.23. The van der Waals surface area contributed by atoms with Crippen molar-refractivity contribution in [1.82, 2.24) is 5.32 Å². The Labute approximate surface area is 155 Å². The quantitative estimate of drug-likeness (QED) is 0.655. The Kier molecular flexibility index (Phi) is 5.60. The number of carbonyl (C=O) groups is 1. The van der Waals surface area contributed by atoms with Crippen LogP contribution in [0.5, 0.6) is 0 Å². The van der Waals surface area contributed by atoms with Crippen LogP contribution in [0, 0.1) is 0 Å². The van der Waals surface area contributed by atoms with Gasteiger partial charge in [-0.25, -0.2) is 0 Å². The Bertz CT molecular complexity index is 903. The molecule has 0 saturated carbocycles. The summed E-state index contributed by atoms with van der Waals surface area (Å²) < 4.78 is 38.2. The second kappa shape index (κ2) is 8.08. The Morgan fingerprint density at radius 1 is 0.778 bits per heavy atom. The van der Waals surface area contributed by atoms with E-state index in [-0.39, 0.29) is 18.9 Å². The van der Waals surface area contributed by atoms with Gasteiger partial charge in [0.25, 0.3) is 0 Å². The SMILES string of the molecule is O=C(Cc1ccc(-c2ccccc2)cc1)NCc1cccc(C(F)(F)F)c1.